The van der Waals surface area contributed by atoms with E-state index in [2.05, 4.69) is 5.32 Å². The lowest BCUT2D eigenvalue weighted by molar-refractivity contribution is 0.0871. The monoisotopic (exact) mass is 304 g/mol. The Hall–Kier alpha value is -1.51. The maximum absolute atomic E-state index is 13.3. The van der Waals surface area contributed by atoms with Gasteiger partial charge in [-0.1, -0.05) is 0 Å². The second kappa shape index (κ2) is 6.78. The van der Waals surface area contributed by atoms with E-state index in [0.717, 1.165) is 12.1 Å². The van der Waals surface area contributed by atoms with Crippen molar-refractivity contribution in [3.8, 4) is 0 Å². The number of carbonyl (C=O) groups is 1. The fourth-order valence-corrected chi connectivity index (χ4v) is 2.14. The number of ether oxygens (including phenoxy) is 1. The summed E-state index contributed by atoms with van der Waals surface area (Å²) in [4.78, 5) is 11.2. The maximum Gasteiger partial charge on any atom is 0.251 e. The van der Waals surface area contributed by atoms with Crippen LogP contribution in [0.4, 0.5) is 4.39 Å². The molecule has 1 unspecified atom stereocenters. The van der Waals surface area contributed by atoms with Gasteiger partial charge in [0.1, 0.15) is 10.7 Å². The molecule has 20 heavy (non-hydrogen) atoms. The summed E-state index contributed by atoms with van der Waals surface area (Å²) in [5.74, 6) is -1.52. The summed E-state index contributed by atoms with van der Waals surface area (Å²) in [5.41, 5.74) is 0.0128. The first kappa shape index (κ1) is 16.5. The SMILES string of the molecule is CCOCC(C)NC(=O)c1ccc(F)c(S(N)(=O)=O)c1. The Morgan fingerprint density at radius 1 is 1.50 bits per heavy atom. The molecule has 0 saturated heterocycles. The zero-order chi connectivity index (χ0) is 15.3. The quantitative estimate of drug-likeness (QED) is 0.805. The lowest BCUT2D eigenvalue weighted by Crippen LogP contribution is -2.36. The van der Waals surface area contributed by atoms with Crippen molar-refractivity contribution in [1.82, 2.24) is 5.32 Å². The Balaban J connectivity index is 2.90. The smallest absolute Gasteiger partial charge is 0.251 e. The van der Waals surface area contributed by atoms with Crippen LogP contribution in [0, 0.1) is 5.82 Å². The standard InChI is InChI=1S/C12H17FN2O4S/c1-3-19-7-8(2)15-12(16)9-4-5-10(13)11(6-9)20(14,17)18/h4-6,8H,3,7H2,1-2H3,(H,15,16)(H2,14,17,18). The van der Waals surface area contributed by atoms with Crippen LogP contribution in [0.15, 0.2) is 23.1 Å². The van der Waals surface area contributed by atoms with Gasteiger partial charge in [0, 0.05) is 18.2 Å². The van der Waals surface area contributed by atoms with E-state index in [1.54, 1.807) is 6.92 Å². The number of rotatable bonds is 6. The van der Waals surface area contributed by atoms with Crippen molar-refractivity contribution >= 4 is 15.9 Å². The van der Waals surface area contributed by atoms with Crippen LogP contribution in [0.2, 0.25) is 0 Å². The van der Waals surface area contributed by atoms with Gasteiger partial charge in [0.2, 0.25) is 10.0 Å². The van der Waals surface area contributed by atoms with Crippen LogP contribution in [0.1, 0.15) is 24.2 Å². The molecule has 1 aromatic carbocycles. The molecule has 1 atom stereocenters. The van der Waals surface area contributed by atoms with E-state index in [1.807, 2.05) is 6.92 Å². The molecule has 0 radical (unpaired) electrons. The van der Waals surface area contributed by atoms with Crippen molar-refractivity contribution in [2.45, 2.75) is 24.8 Å². The third-order valence-electron chi connectivity index (χ3n) is 2.45. The minimum Gasteiger partial charge on any atom is -0.380 e. The third kappa shape index (κ3) is 4.55. The maximum atomic E-state index is 13.3. The highest BCUT2D eigenvalue weighted by Crippen LogP contribution is 2.15. The number of carbonyl (C=O) groups excluding carboxylic acids is 1. The number of nitrogens with two attached hydrogens (primary N) is 1. The molecule has 0 aliphatic rings. The fraction of sp³-hybridized carbons (Fsp3) is 0.417. The second-order valence-corrected chi connectivity index (χ2v) is 5.75. The Morgan fingerprint density at radius 3 is 2.70 bits per heavy atom. The number of nitrogens with one attached hydrogen (secondary N) is 1. The van der Waals surface area contributed by atoms with Gasteiger partial charge < -0.3 is 10.1 Å². The van der Waals surface area contributed by atoms with Gasteiger partial charge in [0.15, 0.2) is 0 Å². The van der Waals surface area contributed by atoms with Crippen molar-refractivity contribution in [2.24, 2.45) is 5.14 Å². The Kier molecular flexibility index (Phi) is 5.61. The zero-order valence-corrected chi connectivity index (χ0v) is 12.0. The zero-order valence-electron chi connectivity index (χ0n) is 11.2. The topological polar surface area (TPSA) is 98.5 Å². The van der Waals surface area contributed by atoms with E-state index in [4.69, 9.17) is 9.88 Å². The first-order valence-corrected chi connectivity index (χ1v) is 7.51. The van der Waals surface area contributed by atoms with Gasteiger partial charge in [-0.3, -0.25) is 4.79 Å². The molecule has 0 bridgehead atoms. The first-order valence-electron chi connectivity index (χ1n) is 5.96. The molecule has 1 aromatic rings. The number of amides is 1. The van der Waals surface area contributed by atoms with E-state index in [9.17, 15) is 17.6 Å². The molecule has 112 valence electrons. The summed E-state index contributed by atoms with van der Waals surface area (Å²) in [5, 5.41) is 7.48. The van der Waals surface area contributed by atoms with Crippen LogP contribution < -0.4 is 10.5 Å². The van der Waals surface area contributed by atoms with Crippen LogP contribution in [-0.4, -0.2) is 33.6 Å². The molecule has 0 spiro atoms. The number of benzene rings is 1. The predicted molar refractivity (Wildman–Crippen MR) is 71.2 cm³/mol. The van der Waals surface area contributed by atoms with E-state index in [-0.39, 0.29) is 11.6 Å². The van der Waals surface area contributed by atoms with E-state index in [0.29, 0.717) is 13.2 Å². The van der Waals surface area contributed by atoms with Gasteiger partial charge >= 0.3 is 0 Å². The summed E-state index contributed by atoms with van der Waals surface area (Å²) in [7, 11) is -4.21. The van der Waals surface area contributed by atoms with Crippen LogP contribution >= 0.6 is 0 Å². The molecular weight excluding hydrogens is 287 g/mol. The van der Waals surface area contributed by atoms with Gasteiger partial charge in [-0.2, -0.15) is 0 Å². The third-order valence-corrected chi connectivity index (χ3v) is 3.38. The van der Waals surface area contributed by atoms with Gasteiger partial charge in [0.05, 0.1) is 6.61 Å². The lowest BCUT2D eigenvalue weighted by atomic mass is 10.2. The number of halogens is 1. The van der Waals surface area contributed by atoms with E-state index < -0.39 is 26.6 Å². The van der Waals surface area contributed by atoms with E-state index >= 15 is 0 Å². The van der Waals surface area contributed by atoms with Crippen LogP contribution in [0.5, 0.6) is 0 Å². The molecule has 0 heterocycles. The predicted octanol–water partition coefficient (Wildman–Crippen LogP) is 0.628. The summed E-state index contributed by atoms with van der Waals surface area (Å²) in [6.45, 7) is 4.41. The average molecular weight is 304 g/mol. The Morgan fingerprint density at radius 2 is 2.15 bits per heavy atom. The molecule has 0 saturated carbocycles. The van der Waals surface area contributed by atoms with Crippen LogP contribution in [-0.2, 0) is 14.8 Å². The number of sulfonamides is 1. The van der Waals surface area contributed by atoms with Crippen molar-refractivity contribution in [3.05, 3.63) is 29.6 Å². The first-order chi connectivity index (χ1) is 9.25. The largest absolute Gasteiger partial charge is 0.380 e. The minimum absolute atomic E-state index is 0.0128. The Labute approximate surface area is 117 Å². The van der Waals surface area contributed by atoms with Crippen LogP contribution in [0.3, 0.4) is 0 Å². The number of hydrogen-bond donors (Lipinski definition) is 2. The molecule has 0 aliphatic carbocycles. The summed E-state index contributed by atoms with van der Waals surface area (Å²) in [6, 6.07) is 2.73. The normalized spacial score (nSPS) is 13.0. The Bertz CT molecular complexity index is 589. The van der Waals surface area contributed by atoms with Gasteiger partial charge in [0.25, 0.3) is 5.91 Å². The van der Waals surface area contributed by atoms with Crippen molar-refractivity contribution in [1.29, 1.82) is 0 Å². The van der Waals surface area contributed by atoms with E-state index in [1.165, 1.54) is 6.07 Å². The molecule has 3 N–H and O–H groups in total. The molecule has 0 aliphatic heterocycles. The molecule has 1 amide bonds. The van der Waals surface area contributed by atoms with Crippen LogP contribution in [0.25, 0.3) is 0 Å². The highest BCUT2D eigenvalue weighted by atomic mass is 32.2. The number of hydrogen-bond acceptors (Lipinski definition) is 4. The molecule has 6 nitrogen and oxygen atoms in total. The highest BCUT2D eigenvalue weighted by Gasteiger charge is 2.18. The molecule has 0 aromatic heterocycles. The summed E-state index contributed by atoms with van der Waals surface area (Å²) >= 11 is 0. The molecule has 8 heteroatoms. The van der Waals surface area contributed by atoms with Gasteiger partial charge in [-0.15, -0.1) is 0 Å². The average Bonchev–Trinajstić information content (AvgIpc) is 2.35. The van der Waals surface area contributed by atoms with Crippen molar-refractivity contribution in [3.63, 3.8) is 0 Å². The number of primary sulfonamides is 1. The van der Waals surface area contributed by atoms with Gasteiger partial charge in [-0.25, -0.2) is 17.9 Å². The minimum atomic E-state index is -4.21. The fourth-order valence-electron chi connectivity index (χ4n) is 1.51. The van der Waals surface area contributed by atoms with Gasteiger partial charge in [-0.05, 0) is 32.0 Å². The lowest BCUT2D eigenvalue weighted by Gasteiger charge is -2.14. The van der Waals surface area contributed by atoms with Crippen molar-refractivity contribution < 1.29 is 22.3 Å². The second-order valence-electron chi connectivity index (χ2n) is 4.22. The van der Waals surface area contributed by atoms with Crippen molar-refractivity contribution in [2.75, 3.05) is 13.2 Å². The molecular formula is C12H17FN2O4S. The molecule has 1 rings (SSSR count). The summed E-state index contributed by atoms with van der Waals surface area (Å²) < 4.78 is 40.8. The highest BCUT2D eigenvalue weighted by molar-refractivity contribution is 7.89. The molecule has 0 fully saturated rings. The summed E-state index contributed by atoms with van der Waals surface area (Å²) in [6.07, 6.45) is 0.